The number of carbonyl (C=O) groups is 2. The molecule has 0 spiro atoms. The number of nitrogens with one attached hydrogen (secondary N) is 1. The summed E-state index contributed by atoms with van der Waals surface area (Å²) in [6.45, 7) is 5.35. The molecule has 0 aliphatic rings. The van der Waals surface area contributed by atoms with Crippen LogP contribution < -0.4 is 19.1 Å². The molecular formula is C29H35N3O6S. The number of carbonyl (C=O) groups excluding carboxylic acids is 2. The van der Waals surface area contributed by atoms with Gasteiger partial charge in [-0.1, -0.05) is 48.0 Å². The Morgan fingerprint density at radius 1 is 0.923 bits per heavy atom. The standard InChI is InChI=1S/C29H35N3O6S/c1-6-30-29(34)22(3)31(19-23-12-10-11-21(2)17-23)28(33)20-32(39(35,36)25-13-8-7-9-14-25)24-15-16-26(37-4)27(18-24)38-5/h7-18,22H,6,19-20H2,1-5H3,(H,30,34). The average molecular weight is 554 g/mol. The molecule has 1 N–H and O–H groups in total. The molecule has 3 aromatic rings. The number of methoxy groups -OCH3 is 2. The molecule has 9 nitrogen and oxygen atoms in total. The SMILES string of the molecule is CCNC(=O)C(C)N(Cc1cccc(C)c1)C(=O)CN(c1ccc(OC)c(OC)c1)S(=O)(=O)c1ccccc1. The maximum Gasteiger partial charge on any atom is 0.264 e. The lowest BCUT2D eigenvalue weighted by Crippen LogP contribution is -2.51. The number of likely N-dealkylation sites (N-methyl/N-ethyl adjacent to an activating group) is 1. The summed E-state index contributed by atoms with van der Waals surface area (Å²) in [4.78, 5) is 28.1. The maximum absolute atomic E-state index is 13.9. The highest BCUT2D eigenvalue weighted by molar-refractivity contribution is 7.92. The lowest BCUT2D eigenvalue weighted by atomic mass is 10.1. The molecule has 39 heavy (non-hydrogen) atoms. The van der Waals surface area contributed by atoms with Crippen molar-refractivity contribution in [3.8, 4) is 11.5 Å². The van der Waals surface area contributed by atoms with Crippen molar-refractivity contribution in [2.75, 3.05) is 31.6 Å². The minimum atomic E-state index is -4.17. The van der Waals surface area contributed by atoms with Gasteiger partial charge in [-0.25, -0.2) is 8.42 Å². The first-order valence-electron chi connectivity index (χ1n) is 12.5. The Morgan fingerprint density at radius 2 is 1.62 bits per heavy atom. The van der Waals surface area contributed by atoms with Crippen LogP contribution in [0.2, 0.25) is 0 Å². The molecule has 10 heteroatoms. The third-order valence-corrected chi connectivity index (χ3v) is 8.01. The van der Waals surface area contributed by atoms with Gasteiger partial charge in [-0.05, 0) is 50.6 Å². The largest absolute Gasteiger partial charge is 0.493 e. The van der Waals surface area contributed by atoms with E-state index in [0.717, 1.165) is 15.4 Å². The van der Waals surface area contributed by atoms with Gasteiger partial charge in [0.15, 0.2) is 11.5 Å². The zero-order valence-corrected chi connectivity index (χ0v) is 23.7. The molecule has 0 saturated heterocycles. The van der Waals surface area contributed by atoms with E-state index in [4.69, 9.17) is 9.47 Å². The molecular weight excluding hydrogens is 518 g/mol. The van der Waals surface area contributed by atoms with E-state index in [9.17, 15) is 18.0 Å². The molecule has 0 aliphatic heterocycles. The van der Waals surface area contributed by atoms with Crippen molar-refractivity contribution < 1.29 is 27.5 Å². The van der Waals surface area contributed by atoms with E-state index in [2.05, 4.69) is 5.32 Å². The monoisotopic (exact) mass is 553 g/mol. The first kappa shape index (κ1) is 29.5. The Hall–Kier alpha value is -4.05. The van der Waals surface area contributed by atoms with E-state index in [0.29, 0.717) is 18.0 Å². The molecule has 0 fully saturated rings. The second kappa shape index (κ2) is 13.1. The van der Waals surface area contributed by atoms with Crippen LogP contribution >= 0.6 is 0 Å². The molecule has 2 amide bonds. The molecule has 208 valence electrons. The smallest absolute Gasteiger partial charge is 0.264 e. The van der Waals surface area contributed by atoms with Crippen LogP contribution in [0.1, 0.15) is 25.0 Å². The molecule has 0 heterocycles. The van der Waals surface area contributed by atoms with Crippen molar-refractivity contribution in [2.45, 2.75) is 38.3 Å². The minimum Gasteiger partial charge on any atom is -0.493 e. The number of sulfonamides is 1. The maximum atomic E-state index is 13.9. The van der Waals surface area contributed by atoms with E-state index in [1.807, 2.05) is 31.2 Å². The molecule has 0 bridgehead atoms. The van der Waals surface area contributed by atoms with Crippen molar-refractivity contribution in [3.63, 3.8) is 0 Å². The normalized spacial score (nSPS) is 11.8. The van der Waals surface area contributed by atoms with Crippen LogP contribution in [0.4, 0.5) is 5.69 Å². The van der Waals surface area contributed by atoms with Gasteiger partial charge in [-0.3, -0.25) is 13.9 Å². The summed E-state index contributed by atoms with van der Waals surface area (Å²) in [6.07, 6.45) is 0. The van der Waals surface area contributed by atoms with E-state index < -0.39 is 28.5 Å². The summed E-state index contributed by atoms with van der Waals surface area (Å²) in [7, 11) is -1.25. The number of aryl methyl sites for hydroxylation is 1. The predicted molar refractivity (Wildman–Crippen MR) is 150 cm³/mol. The molecule has 3 aromatic carbocycles. The van der Waals surface area contributed by atoms with Crippen molar-refractivity contribution in [1.82, 2.24) is 10.2 Å². The number of benzene rings is 3. The van der Waals surface area contributed by atoms with Crippen LogP contribution in [-0.2, 0) is 26.2 Å². The topological polar surface area (TPSA) is 105 Å². The van der Waals surface area contributed by atoms with Gasteiger partial charge in [0, 0.05) is 19.2 Å². The van der Waals surface area contributed by atoms with Gasteiger partial charge < -0.3 is 19.7 Å². The fourth-order valence-corrected chi connectivity index (χ4v) is 5.57. The number of rotatable bonds is 12. The van der Waals surface area contributed by atoms with Crippen LogP contribution in [-0.4, -0.2) is 58.5 Å². The fraction of sp³-hybridized carbons (Fsp3) is 0.310. The van der Waals surface area contributed by atoms with Crippen LogP contribution in [0, 0.1) is 6.92 Å². The Kier molecular flexibility index (Phi) is 9.95. The summed E-state index contributed by atoms with van der Waals surface area (Å²) in [5, 5.41) is 2.75. The zero-order valence-electron chi connectivity index (χ0n) is 22.9. The Bertz CT molecular complexity index is 1400. The first-order valence-corrected chi connectivity index (χ1v) is 14.0. The van der Waals surface area contributed by atoms with Gasteiger partial charge in [0.1, 0.15) is 12.6 Å². The van der Waals surface area contributed by atoms with Gasteiger partial charge in [0.25, 0.3) is 10.0 Å². The van der Waals surface area contributed by atoms with Crippen molar-refractivity contribution in [1.29, 1.82) is 0 Å². The van der Waals surface area contributed by atoms with Crippen LogP contribution in [0.3, 0.4) is 0 Å². The molecule has 0 aliphatic carbocycles. The second-order valence-corrected chi connectivity index (χ2v) is 10.8. The first-order chi connectivity index (χ1) is 18.6. The summed E-state index contributed by atoms with van der Waals surface area (Å²) in [6, 6.07) is 19.3. The summed E-state index contributed by atoms with van der Waals surface area (Å²) in [5.41, 5.74) is 2.04. The lowest BCUT2D eigenvalue weighted by Gasteiger charge is -2.32. The van der Waals surface area contributed by atoms with E-state index in [-0.39, 0.29) is 23.0 Å². The number of ether oxygens (including phenoxy) is 2. The highest BCUT2D eigenvalue weighted by atomic mass is 32.2. The fourth-order valence-electron chi connectivity index (χ4n) is 4.14. The molecule has 0 saturated carbocycles. The Balaban J connectivity index is 2.08. The summed E-state index contributed by atoms with van der Waals surface area (Å²) >= 11 is 0. The Morgan fingerprint density at radius 3 is 2.23 bits per heavy atom. The summed E-state index contributed by atoms with van der Waals surface area (Å²) in [5.74, 6) is -0.148. The van der Waals surface area contributed by atoms with Gasteiger partial charge in [-0.2, -0.15) is 0 Å². The van der Waals surface area contributed by atoms with Crippen molar-refractivity contribution in [3.05, 3.63) is 83.9 Å². The quantitative estimate of drug-likeness (QED) is 0.366. The zero-order chi connectivity index (χ0) is 28.6. The third-order valence-electron chi connectivity index (χ3n) is 6.22. The van der Waals surface area contributed by atoms with Gasteiger partial charge >= 0.3 is 0 Å². The number of hydrogen-bond donors (Lipinski definition) is 1. The molecule has 1 atom stereocenters. The molecule has 0 radical (unpaired) electrons. The highest BCUT2D eigenvalue weighted by Crippen LogP contribution is 2.34. The minimum absolute atomic E-state index is 0.0228. The van der Waals surface area contributed by atoms with Gasteiger partial charge in [0.2, 0.25) is 11.8 Å². The van der Waals surface area contributed by atoms with E-state index >= 15 is 0 Å². The number of nitrogens with zero attached hydrogens (tertiary/aromatic N) is 2. The van der Waals surface area contributed by atoms with Crippen LogP contribution in [0.15, 0.2) is 77.7 Å². The van der Waals surface area contributed by atoms with Crippen molar-refractivity contribution in [2.24, 2.45) is 0 Å². The van der Waals surface area contributed by atoms with E-state index in [1.54, 1.807) is 44.2 Å². The van der Waals surface area contributed by atoms with Crippen molar-refractivity contribution >= 4 is 27.5 Å². The predicted octanol–water partition coefficient (Wildman–Crippen LogP) is 3.76. The molecule has 1 unspecified atom stereocenters. The third kappa shape index (κ3) is 7.08. The van der Waals surface area contributed by atoms with Crippen LogP contribution in [0.5, 0.6) is 11.5 Å². The molecule has 3 rings (SSSR count). The van der Waals surface area contributed by atoms with E-state index in [1.165, 1.54) is 37.3 Å². The van der Waals surface area contributed by atoms with Gasteiger partial charge in [-0.15, -0.1) is 0 Å². The van der Waals surface area contributed by atoms with Gasteiger partial charge in [0.05, 0.1) is 24.8 Å². The number of anilines is 1. The number of amides is 2. The highest BCUT2D eigenvalue weighted by Gasteiger charge is 2.32. The molecule has 0 aromatic heterocycles. The second-order valence-electron chi connectivity index (χ2n) is 8.95. The average Bonchev–Trinajstić information content (AvgIpc) is 2.94. The summed E-state index contributed by atoms with van der Waals surface area (Å²) < 4.78 is 39.4. The lowest BCUT2D eigenvalue weighted by molar-refractivity contribution is -0.139. The number of hydrogen-bond acceptors (Lipinski definition) is 6. The Labute approximate surface area is 230 Å². The van der Waals surface area contributed by atoms with Crippen LogP contribution in [0.25, 0.3) is 0 Å².